The molecular formula is C7H5ClN4O2. The van der Waals surface area contributed by atoms with E-state index < -0.39 is 5.97 Å². The summed E-state index contributed by atoms with van der Waals surface area (Å²) in [6.45, 7) is 1.67. The summed E-state index contributed by atoms with van der Waals surface area (Å²) in [6.07, 6.45) is 1.16. The number of aryl methyl sites for hydroxylation is 1. The van der Waals surface area contributed by atoms with E-state index in [-0.39, 0.29) is 16.5 Å². The van der Waals surface area contributed by atoms with Gasteiger partial charge in [0.15, 0.2) is 5.15 Å². The minimum atomic E-state index is -1.14. The zero-order valence-electron chi connectivity index (χ0n) is 7.10. The van der Waals surface area contributed by atoms with Crippen LogP contribution in [0.3, 0.4) is 0 Å². The van der Waals surface area contributed by atoms with E-state index in [0.717, 1.165) is 6.20 Å². The molecule has 0 bridgehead atoms. The van der Waals surface area contributed by atoms with Crippen LogP contribution in [0.1, 0.15) is 16.2 Å². The summed E-state index contributed by atoms with van der Waals surface area (Å²) in [4.78, 5) is 18.4. The van der Waals surface area contributed by atoms with Crippen LogP contribution in [-0.4, -0.2) is 30.7 Å². The Morgan fingerprint density at radius 2 is 2.36 bits per heavy atom. The van der Waals surface area contributed by atoms with Crippen molar-refractivity contribution in [3.63, 3.8) is 0 Å². The van der Waals surface area contributed by atoms with Gasteiger partial charge in [-0.25, -0.2) is 9.78 Å². The second-order valence-corrected chi connectivity index (χ2v) is 3.00. The van der Waals surface area contributed by atoms with Crippen LogP contribution in [0.15, 0.2) is 6.20 Å². The molecule has 2 aromatic heterocycles. The third-order valence-electron chi connectivity index (χ3n) is 1.64. The van der Waals surface area contributed by atoms with Crippen LogP contribution in [-0.2, 0) is 0 Å². The Morgan fingerprint density at radius 1 is 1.64 bits per heavy atom. The number of aromatic nitrogens is 4. The van der Waals surface area contributed by atoms with Crippen LogP contribution in [0, 0.1) is 6.92 Å². The van der Waals surface area contributed by atoms with Gasteiger partial charge in [0, 0.05) is 6.20 Å². The first-order chi connectivity index (χ1) is 6.59. The molecule has 72 valence electrons. The van der Waals surface area contributed by atoms with Crippen LogP contribution < -0.4 is 0 Å². The number of fused-ring (bicyclic) bond motifs is 1. The molecule has 2 heterocycles. The molecule has 1 N–H and O–H groups in total. The van der Waals surface area contributed by atoms with Crippen molar-refractivity contribution < 1.29 is 9.90 Å². The summed E-state index contributed by atoms with van der Waals surface area (Å²) in [6, 6.07) is 0. The first kappa shape index (κ1) is 8.89. The Bertz CT molecular complexity index is 522. The normalized spacial score (nSPS) is 10.7. The van der Waals surface area contributed by atoms with Crippen molar-refractivity contribution >= 4 is 23.3 Å². The van der Waals surface area contributed by atoms with Crippen LogP contribution in [0.4, 0.5) is 0 Å². The van der Waals surface area contributed by atoms with Gasteiger partial charge in [0.05, 0.1) is 0 Å². The maximum Gasteiger partial charge on any atom is 0.340 e. The monoisotopic (exact) mass is 212 g/mol. The molecule has 0 aliphatic rings. The highest BCUT2D eigenvalue weighted by atomic mass is 35.5. The number of nitrogens with zero attached hydrogens (tertiary/aromatic N) is 4. The molecule has 0 saturated carbocycles. The smallest absolute Gasteiger partial charge is 0.340 e. The summed E-state index contributed by atoms with van der Waals surface area (Å²) in [5.41, 5.74) is -0.0935. The van der Waals surface area contributed by atoms with Crippen LogP contribution in [0.2, 0.25) is 5.15 Å². The molecule has 6 nitrogen and oxygen atoms in total. The number of carboxylic acid groups (broad SMARTS) is 1. The fourth-order valence-corrected chi connectivity index (χ4v) is 1.30. The van der Waals surface area contributed by atoms with Crippen LogP contribution >= 0.6 is 11.6 Å². The summed E-state index contributed by atoms with van der Waals surface area (Å²) in [7, 11) is 0. The molecule has 7 heteroatoms. The number of carboxylic acids is 1. The zero-order chi connectivity index (χ0) is 10.3. The maximum atomic E-state index is 10.7. The lowest BCUT2D eigenvalue weighted by molar-refractivity contribution is 0.0696. The van der Waals surface area contributed by atoms with Gasteiger partial charge < -0.3 is 5.11 Å². The van der Waals surface area contributed by atoms with Crippen molar-refractivity contribution in [3.8, 4) is 0 Å². The largest absolute Gasteiger partial charge is 0.478 e. The van der Waals surface area contributed by atoms with E-state index in [1.807, 2.05) is 0 Å². The van der Waals surface area contributed by atoms with Gasteiger partial charge in [0.25, 0.3) is 5.78 Å². The molecule has 0 aliphatic carbocycles. The maximum absolute atomic E-state index is 10.7. The average Bonchev–Trinajstić information content (AvgIpc) is 2.46. The molecular weight excluding hydrogens is 208 g/mol. The first-order valence-corrected chi connectivity index (χ1v) is 4.08. The lowest BCUT2D eigenvalue weighted by Crippen LogP contribution is -2.04. The molecule has 0 unspecified atom stereocenters. The van der Waals surface area contributed by atoms with Gasteiger partial charge in [-0.15, -0.1) is 5.10 Å². The Hall–Kier alpha value is -1.69. The second-order valence-electron chi connectivity index (χ2n) is 2.64. The van der Waals surface area contributed by atoms with Crippen LogP contribution in [0.5, 0.6) is 0 Å². The lowest BCUT2D eigenvalue weighted by atomic mass is 10.3. The van der Waals surface area contributed by atoms with Gasteiger partial charge in [-0.1, -0.05) is 11.6 Å². The topological polar surface area (TPSA) is 80.4 Å². The molecule has 14 heavy (non-hydrogen) atoms. The van der Waals surface area contributed by atoms with Gasteiger partial charge in [0.2, 0.25) is 0 Å². The van der Waals surface area contributed by atoms with Gasteiger partial charge >= 0.3 is 5.97 Å². The number of hydrogen-bond donors (Lipinski definition) is 1. The summed E-state index contributed by atoms with van der Waals surface area (Å²) < 4.78 is 1.19. The lowest BCUT2D eigenvalue weighted by Gasteiger charge is -1.98. The molecule has 0 amide bonds. The van der Waals surface area contributed by atoms with E-state index in [1.54, 1.807) is 6.92 Å². The van der Waals surface area contributed by atoms with Crippen molar-refractivity contribution in [1.82, 2.24) is 19.6 Å². The second kappa shape index (κ2) is 2.91. The van der Waals surface area contributed by atoms with Gasteiger partial charge in [-0.3, -0.25) is 0 Å². The van der Waals surface area contributed by atoms with Crippen molar-refractivity contribution in [3.05, 3.63) is 22.7 Å². The van der Waals surface area contributed by atoms with E-state index in [1.165, 1.54) is 4.52 Å². The molecule has 0 atom stereocenters. The SMILES string of the molecule is Cc1nc2ncc(C(=O)O)c(Cl)n2n1. The summed E-state index contributed by atoms with van der Waals surface area (Å²) in [5, 5.41) is 12.7. The zero-order valence-corrected chi connectivity index (χ0v) is 7.86. The molecule has 2 aromatic rings. The van der Waals surface area contributed by atoms with E-state index in [4.69, 9.17) is 16.7 Å². The molecule has 0 aliphatic heterocycles. The number of rotatable bonds is 1. The number of hydrogen-bond acceptors (Lipinski definition) is 4. The number of halogens is 1. The highest BCUT2D eigenvalue weighted by Crippen LogP contribution is 2.15. The van der Waals surface area contributed by atoms with Crippen molar-refractivity contribution in [2.45, 2.75) is 6.92 Å². The van der Waals surface area contributed by atoms with E-state index in [0.29, 0.717) is 5.82 Å². The third kappa shape index (κ3) is 1.20. The third-order valence-corrected chi connectivity index (χ3v) is 2.01. The molecule has 0 spiro atoms. The van der Waals surface area contributed by atoms with Crippen molar-refractivity contribution in [1.29, 1.82) is 0 Å². The van der Waals surface area contributed by atoms with E-state index in [2.05, 4.69) is 15.1 Å². The highest BCUT2D eigenvalue weighted by Gasteiger charge is 2.14. The molecule has 0 radical (unpaired) electrons. The summed E-state index contributed by atoms with van der Waals surface area (Å²) in [5.74, 6) is -0.364. The van der Waals surface area contributed by atoms with Gasteiger partial charge in [-0.05, 0) is 6.92 Å². The van der Waals surface area contributed by atoms with Gasteiger partial charge in [-0.2, -0.15) is 9.50 Å². The minimum Gasteiger partial charge on any atom is -0.478 e. The van der Waals surface area contributed by atoms with E-state index in [9.17, 15) is 4.79 Å². The van der Waals surface area contributed by atoms with Crippen molar-refractivity contribution in [2.24, 2.45) is 0 Å². The fourth-order valence-electron chi connectivity index (χ4n) is 1.05. The first-order valence-electron chi connectivity index (χ1n) is 3.71. The predicted octanol–water partition coefficient (Wildman–Crippen LogP) is 0.784. The molecule has 0 fully saturated rings. The minimum absolute atomic E-state index is 0.00287. The average molecular weight is 213 g/mol. The Labute approximate surface area is 83.2 Å². The fraction of sp³-hybridized carbons (Fsp3) is 0.143. The standard InChI is InChI=1S/C7H5ClN4O2/c1-3-10-7-9-2-4(6(13)14)5(8)12(7)11-3/h2H,1H3,(H,13,14). The van der Waals surface area contributed by atoms with Crippen LogP contribution in [0.25, 0.3) is 5.78 Å². The summed E-state index contributed by atoms with van der Waals surface area (Å²) >= 11 is 5.79. The predicted molar refractivity (Wildman–Crippen MR) is 47.5 cm³/mol. The highest BCUT2D eigenvalue weighted by molar-refractivity contribution is 6.32. The quantitative estimate of drug-likeness (QED) is 0.707. The van der Waals surface area contributed by atoms with Crippen molar-refractivity contribution in [2.75, 3.05) is 0 Å². The van der Waals surface area contributed by atoms with Gasteiger partial charge in [0.1, 0.15) is 11.4 Å². The Kier molecular flexibility index (Phi) is 1.85. The molecule has 0 saturated heterocycles. The van der Waals surface area contributed by atoms with E-state index >= 15 is 0 Å². The number of aromatic carboxylic acids is 1. The Morgan fingerprint density at radius 3 is 3.00 bits per heavy atom. The Balaban J connectivity index is 2.80. The molecule has 2 rings (SSSR count). The number of carbonyl (C=O) groups is 1. The molecule has 0 aromatic carbocycles.